The molecule has 0 aliphatic carbocycles. The lowest BCUT2D eigenvalue weighted by molar-refractivity contribution is -0.139. The van der Waals surface area contributed by atoms with Crippen LogP contribution in [0.1, 0.15) is 19.4 Å². The maximum absolute atomic E-state index is 13.4. The molecule has 9 nitrogen and oxygen atoms in total. The Morgan fingerprint density at radius 2 is 1.88 bits per heavy atom. The predicted molar refractivity (Wildman–Crippen MR) is 128 cm³/mol. The molecule has 0 bridgehead atoms. The lowest BCUT2D eigenvalue weighted by Gasteiger charge is -2.31. The monoisotopic (exact) mass is 539 g/mol. The normalized spacial score (nSPS) is 13.3. The summed E-state index contributed by atoms with van der Waals surface area (Å²) < 4.78 is 38.4. The molecule has 0 spiro atoms. The van der Waals surface area contributed by atoms with Crippen molar-refractivity contribution in [2.24, 2.45) is 0 Å². The van der Waals surface area contributed by atoms with Gasteiger partial charge in [0.05, 0.1) is 11.4 Å². The minimum absolute atomic E-state index is 0.0440. The van der Waals surface area contributed by atoms with Gasteiger partial charge in [0.2, 0.25) is 28.6 Å². The number of halogens is 1. The van der Waals surface area contributed by atoms with Gasteiger partial charge < -0.3 is 19.7 Å². The van der Waals surface area contributed by atoms with E-state index in [4.69, 9.17) is 9.47 Å². The highest BCUT2D eigenvalue weighted by Gasteiger charge is 2.31. The molecule has 1 N–H and O–H groups in total. The Morgan fingerprint density at radius 1 is 1.15 bits per heavy atom. The molecule has 1 heterocycles. The first kappa shape index (κ1) is 24.8. The van der Waals surface area contributed by atoms with Crippen LogP contribution in [0.2, 0.25) is 0 Å². The van der Waals surface area contributed by atoms with Gasteiger partial charge in [-0.15, -0.1) is 0 Å². The molecule has 11 heteroatoms. The highest BCUT2D eigenvalue weighted by atomic mass is 79.9. The summed E-state index contributed by atoms with van der Waals surface area (Å²) >= 11 is 3.41. The van der Waals surface area contributed by atoms with Crippen LogP contribution in [0.15, 0.2) is 46.9 Å². The van der Waals surface area contributed by atoms with Gasteiger partial charge in [-0.2, -0.15) is 0 Å². The van der Waals surface area contributed by atoms with Gasteiger partial charge in [0.25, 0.3) is 0 Å². The third-order valence-electron chi connectivity index (χ3n) is 5.28. The maximum atomic E-state index is 13.4. The summed E-state index contributed by atoms with van der Waals surface area (Å²) in [5.41, 5.74) is 1.07. The van der Waals surface area contributed by atoms with Crippen LogP contribution in [-0.4, -0.2) is 57.3 Å². The van der Waals surface area contributed by atoms with Crippen molar-refractivity contribution >= 4 is 43.5 Å². The number of nitrogens with zero attached hydrogens (tertiary/aromatic N) is 2. The second-order valence-electron chi connectivity index (χ2n) is 7.39. The molecular weight excluding hydrogens is 514 g/mol. The Morgan fingerprint density at radius 3 is 2.55 bits per heavy atom. The number of likely N-dealkylation sites (N-methyl/N-ethyl adjacent to an activating group) is 1. The number of sulfonamides is 1. The summed E-state index contributed by atoms with van der Waals surface area (Å²) in [6.07, 6.45) is 0. The Labute approximate surface area is 201 Å². The number of hydrogen-bond donors (Lipinski definition) is 1. The minimum Gasteiger partial charge on any atom is -0.454 e. The van der Waals surface area contributed by atoms with Gasteiger partial charge in [-0.3, -0.25) is 13.9 Å². The third-order valence-corrected chi connectivity index (χ3v) is 7.51. The Hall–Kier alpha value is -2.79. The number of nitrogens with one attached hydrogen (secondary N) is 1. The van der Waals surface area contributed by atoms with Gasteiger partial charge in [-0.05, 0) is 43.7 Å². The van der Waals surface area contributed by atoms with Crippen LogP contribution in [0.4, 0.5) is 5.69 Å². The summed E-state index contributed by atoms with van der Waals surface area (Å²) in [5, 5.41) is 2.55. The van der Waals surface area contributed by atoms with E-state index in [2.05, 4.69) is 21.2 Å². The van der Waals surface area contributed by atoms with Crippen LogP contribution >= 0.6 is 15.9 Å². The molecule has 0 saturated heterocycles. The third kappa shape index (κ3) is 5.77. The Kier molecular flexibility index (Phi) is 7.85. The van der Waals surface area contributed by atoms with Crippen LogP contribution in [0, 0.1) is 0 Å². The number of hydrogen-bond acceptors (Lipinski definition) is 6. The minimum atomic E-state index is -3.81. The average Bonchev–Trinajstić information content (AvgIpc) is 3.27. The first-order chi connectivity index (χ1) is 15.7. The van der Waals surface area contributed by atoms with E-state index < -0.39 is 28.5 Å². The molecule has 3 rings (SSSR count). The molecule has 1 aliphatic heterocycles. The highest BCUT2D eigenvalue weighted by molar-refractivity contribution is 9.10. The molecule has 0 radical (unpaired) electrons. The highest BCUT2D eigenvalue weighted by Crippen LogP contribution is 2.36. The molecule has 178 valence electrons. The first-order valence-corrected chi connectivity index (χ1v) is 12.7. The van der Waals surface area contributed by atoms with Gasteiger partial charge in [0.1, 0.15) is 12.6 Å². The standard InChI is InChI=1S/C22H26BrN3O6S/c1-4-33(29,30)26(18-8-9-19-20(11-18)32-14-31-19)13-21(27)25(15(2)22(28)24-3)12-16-6-5-7-17(23)10-16/h5-11,15H,4,12-14H2,1-3H3,(H,24,28)/t15-/m1/s1. The molecule has 1 aliphatic rings. The molecule has 2 amide bonds. The zero-order valence-corrected chi connectivity index (χ0v) is 21.0. The summed E-state index contributed by atoms with van der Waals surface area (Å²) in [6, 6.07) is 11.2. The number of fused-ring (bicyclic) bond motifs is 1. The van der Waals surface area contributed by atoms with Gasteiger partial charge in [0.15, 0.2) is 11.5 Å². The van der Waals surface area contributed by atoms with E-state index in [1.807, 2.05) is 24.3 Å². The van der Waals surface area contributed by atoms with Crippen LogP contribution in [0.5, 0.6) is 11.5 Å². The van der Waals surface area contributed by atoms with E-state index in [-0.39, 0.29) is 30.7 Å². The second kappa shape index (κ2) is 10.4. The molecule has 0 unspecified atom stereocenters. The van der Waals surface area contributed by atoms with E-state index in [9.17, 15) is 18.0 Å². The van der Waals surface area contributed by atoms with Gasteiger partial charge in [-0.25, -0.2) is 8.42 Å². The van der Waals surface area contributed by atoms with E-state index in [1.165, 1.54) is 24.9 Å². The van der Waals surface area contributed by atoms with Crippen molar-refractivity contribution in [2.45, 2.75) is 26.4 Å². The molecule has 0 aromatic heterocycles. The van der Waals surface area contributed by atoms with E-state index in [0.717, 1.165) is 14.3 Å². The molecule has 2 aromatic carbocycles. The summed E-state index contributed by atoms with van der Waals surface area (Å²) in [7, 11) is -2.32. The zero-order valence-electron chi connectivity index (χ0n) is 18.6. The SMILES string of the molecule is CCS(=O)(=O)N(CC(=O)N(Cc1cccc(Br)c1)[C@H](C)C(=O)NC)c1ccc2c(c1)OCO2. The van der Waals surface area contributed by atoms with Crippen molar-refractivity contribution in [2.75, 3.05) is 30.4 Å². The summed E-state index contributed by atoms with van der Waals surface area (Å²) in [4.78, 5) is 27.2. The number of rotatable bonds is 9. The van der Waals surface area contributed by atoms with Crippen LogP contribution in [0.3, 0.4) is 0 Å². The lowest BCUT2D eigenvalue weighted by Crippen LogP contribution is -2.50. The topological polar surface area (TPSA) is 105 Å². The van der Waals surface area contributed by atoms with Crippen molar-refractivity contribution in [1.29, 1.82) is 0 Å². The van der Waals surface area contributed by atoms with Gasteiger partial charge in [-0.1, -0.05) is 28.1 Å². The Balaban J connectivity index is 1.94. The van der Waals surface area contributed by atoms with Crippen molar-refractivity contribution in [3.63, 3.8) is 0 Å². The fourth-order valence-corrected chi connectivity index (χ4v) is 4.88. The van der Waals surface area contributed by atoms with Crippen LogP contribution in [-0.2, 0) is 26.2 Å². The number of carbonyl (C=O) groups excluding carboxylic acids is 2. The number of ether oxygens (including phenoxy) is 2. The largest absolute Gasteiger partial charge is 0.454 e. The zero-order chi connectivity index (χ0) is 24.2. The van der Waals surface area contributed by atoms with Crippen LogP contribution in [0.25, 0.3) is 0 Å². The fraction of sp³-hybridized carbons (Fsp3) is 0.364. The van der Waals surface area contributed by atoms with E-state index in [0.29, 0.717) is 11.5 Å². The van der Waals surface area contributed by atoms with Crippen molar-refractivity contribution in [3.8, 4) is 11.5 Å². The van der Waals surface area contributed by atoms with Gasteiger partial charge in [0, 0.05) is 24.1 Å². The number of carbonyl (C=O) groups is 2. The molecule has 0 fully saturated rings. The Bertz CT molecular complexity index is 1140. The molecule has 33 heavy (non-hydrogen) atoms. The number of benzene rings is 2. The average molecular weight is 540 g/mol. The molecule has 1 atom stereocenters. The van der Waals surface area contributed by atoms with Crippen molar-refractivity contribution in [1.82, 2.24) is 10.2 Å². The van der Waals surface area contributed by atoms with Crippen molar-refractivity contribution < 1.29 is 27.5 Å². The van der Waals surface area contributed by atoms with Crippen LogP contribution < -0.4 is 19.1 Å². The first-order valence-electron chi connectivity index (χ1n) is 10.3. The smallest absolute Gasteiger partial charge is 0.244 e. The summed E-state index contributed by atoms with van der Waals surface area (Å²) in [5.74, 6) is -0.165. The fourth-order valence-electron chi connectivity index (χ4n) is 3.38. The second-order valence-corrected chi connectivity index (χ2v) is 10.5. The quantitative estimate of drug-likeness (QED) is 0.524. The molecular formula is C22H26BrN3O6S. The van der Waals surface area contributed by atoms with Crippen molar-refractivity contribution in [3.05, 3.63) is 52.5 Å². The predicted octanol–water partition coefficient (Wildman–Crippen LogP) is 2.50. The summed E-state index contributed by atoms with van der Waals surface area (Å²) in [6.45, 7) is 2.82. The number of amides is 2. The number of anilines is 1. The van der Waals surface area contributed by atoms with E-state index in [1.54, 1.807) is 19.1 Å². The maximum Gasteiger partial charge on any atom is 0.244 e. The molecule has 0 saturated carbocycles. The van der Waals surface area contributed by atoms with Gasteiger partial charge >= 0.3 is 0 Å². The van der Waals surface area contributed by atoms with E-state index >= 15 is 0 Å². The lowest BCUT2D eigenvalue weighted by atomic mass is 10.1. The molecule has 2 aromatic rings.